The van der Waals surface area contributed by atoms with E-state index < -0.39 is 29.5 Å². The van der Waals surface area contributed by atoms with Crippen LogP contribution in [0.4, 0.5) is 9.59 Å². The number of nitrogens with zero attached hydrogens (tertiary/aromatic N) is 1. The fourth-order valence-corrected chi connectivity index (χ4v) is 2.72. The lowest BCUT2D eigenvalue weighted by Gasteiger charge is -2.29. The van der Waals surface area contributed by atoms with Crippen LogP contribution in [-0.4, -0.2) is 47.5 Å². The van der Waals surface area contributed by atoms with Crippen LogP contribution in [-0.2, 0) is 9.47 Å². The highest BCUT2D eigenvalue weighted by Crippen LogP contribution is 2.51. The van der Waals surface area contributed by atoms with E-state index in [1.54, 1.807) is 11.8 Å². The van der Waals surface area contributed by atoms with Crippen molar-refractivity contribution in [1.29, 1.82) is 0 Å². The molecule has 1 aliphatic heterocycles. The number of carbonyl (C=O) groups is 2. The first-order chi connectivity index (χ1) is 10.6. The molecule has 1 fully saturated rings. The highest BCUT2D eigenvalue weighted by molar-refractivity contribution is 5.74. The van der Waals surface area contributed by atoms with Crippen LogP contribution in [0.2, 0.25) is 0 Å². The molecule has 1 saturated carbocycles. The van der Waals surface area contributed by atoms with Crippen LogP contribution >= 0.6 is 0 Å². The number of carbonyl (C=O) groups excluding carboxylic acids is 2. The third-order valence-electron chi connectivity index (χ3n) is 3.95. The van der Waals surface area contributed by atoms with Gasteiger partial charge in [0.1, 0.15) is 11.8 Å². The van der Waals surface area contributed by atoms with Gasteiger partial charge in [0.05, 0.1) is 18.7 Å². The van der Waals surface area contributed by atoms with Gasteiger partial charge < -0.3 is 26.3 Å². The Balaban J connectivity index is 2.10. The third kappa shape index (κ3) is 3.52. The SMILES string of the molecule is CCOC(=O)NC(N)C1=C(N)C2(CC2)N(C(=O)OC(C)(C)C)C1. The van der Waals surface area contributed by atoms with Gasteiger partial charge in [-0.15, -0.1) is 0 Å². The van der Waals surface area contributed by atoms with Crippen LogP contribution in [0.1, 0.15) is 40.5 Å². The zero-order valence-electron chi connectivity index (χ0n) is 14.1. The summed E-state index contributed by atoms with van der Waals surface area (Å²) in [6, 6.07) is 0. The molecule has 8 nitrogen and oxygen atoms in total. The predicted molar refractivity (Wildman–Crippen MR) is 84.3 cm³/mol. The van der Waals surface area contributed by atoms with Crippen molar-refractivity contribution in [2.24, 2.45) is 11.5 Å². The van der Waals surface area contributed by atoms with Crippen molar-refractivity contribution in [1.82, 2.24) is 10.2 Å². The molecule has 1 heterocycles. The van der Waals surface area contributed by atoms with Gasteiger partial charge in [0.25, 0.3) is 0 Å². The first kappa shape index (κ1) is 17.4. The molecular formula is C15H26N4O4. The first-order valence-corrected chi connectivity index (χ1v) is 7.79. The van der Waals surface area contributed by atoms with Crippen molar-refractivity contribution in [2.75, 3.05) is 13.2 Å². The van der Waals surface area contributed by atoms with Crippen molar-refractivity contribution >= 4 is 12.2 Å². The summed E-state index contributed by atoms with van der Waals surface area (Å²) in [5.41, 5.74) is 12.3. The molecule has 2 rings (SSSR count). The van der Waals surface area contributed by atoms with Crippen LogP contribution in [0, 0.1) is 0 Å². The summed E-state index contributed by atoms with van der Waals surface area (Å²) < 4.78 is 10.3. The molecule has 5 N–H and O–H groups in total. The topological polar surface area (TPSA) is 120 Å². The number of alkyl carbamates (subject to hydrolysis) is 1. The zero-order valence-corrected chi connectivity index (χ0v) is 14.1. The first-order valence-electron chi connectivity index (χ1n) is 7.79. The van der Waals surface area contributed by atoms with E-state index in [1.807, 2.05) is 20.8 Å². The fraction of sp³-hybridized carbons (Fsp3) is 0.733. The van der Waals surface area contributed by atoms with E-state index in [9.17, 15) is 9.59 Å². The maximum Gasteiger partial charge on any atom is 0.411 e. The molecule has 2 aliphatic rings. The Hall–Kier alpha value is -1.96. The van der Waals surface area contributed by atoms with Crippen LogP contribution in [0.5, 0.6) is 0 Å². The molecule has 1 aliphatic carbocycles. The van der Waals surface area contributed by atoms with Crippen molar-refractivity contribution in [2.45, 2.75) is 57.8 Å². The summed E-state index contributed by atoms with van der Waals surface area (Å²) in [6.45, 7) is 7.64. The molecule has 8 heteroatoms. The van der Waals surface area contributed by atoms with Crippen molar-refractivity contribution in [3.05, 3.63) is 11.3 Å². The summed E-state index contributed by atoms with van der Waals surface area (Å²) in [5, 5.41) is 2.53. The zero-order chi connectivity index (χ0) is 17.4. The Bertz CT molecular complexity index is 534. The Labute approximate surface area is 136 Å². The smallest absolute Gasteiger partial charge is 0.411 e. The fourth-order valence-electron chi connectivity index (χ4n) is 2.72. The molecule has 1 spiro atoms. The molecule has 0 bridgehead atoms. The summed E-state index contributed by atoms with van der Waals surface area (Å²) in [6.07, 6.45) is -0.280. The van der Waals surface area contributed by atoms with Gasteiger partial charge in [-0.1, -0.05) is 0 Å². The summed E-state index contributed by atoms with van der Waals surface area (Å²) in [4.78, 5) is 25.5. The van der Waals surface area contributed by atoms with E-state index in [-0.39, 0.29) is 13.2 Å². The van der Waals surface area contributed by atoms with Gasteiger partial charge >= 0.3 is 12.2 Å². The molecule has 2 amide bonds. The molecule has 130 valence electrons. The van der Waals surface area contributed by atoms with Crippen LogP contribution in [0.3, 0.4) is 0 Å². The summed E-state index contributed by atoms with van der Waals surface area (Å²) in [7, 11) is 0. The molecule has 0 saturated heterocycles. The van der Waals surface area contributed by atoms with Gasteiger partial charge in [-0.05, 0) is 40.5 Å². The van der Waals surface area contributed by atoms with E-state index in [0.717, 1.165) is 12.8 Å². The average Bonchev–Trinajstić information content (AvgIpc) is 3.12. The quantitative estimate of drug-likeness (QED) is 0.666. The Morgan fingerprint density at radius 3 is 2.48 bits per heavy atom. The number of nitrogens with two attached hydrogens (primary N) is 2. The normalized spacial score (nSPS) is 20.5. The summed E-state index contributed by atoms with van der Waals surface area (Å²) in [5.74, 6) is 0. The molecular weight excluding hydrogens is 300 g/mol. The highest BCUT2D eigenvalue weighted by atomic mass is 16.6. The molecule has 0 aromatic heterocycles. The van der Waals surface area contributed by atoms with E-state index >= 15 is 0 Å². The Morgan fingerprint density at radius 2 is 2.00 bits per heavy atom. The minimum atomic E-state index is -0.793. The highest BCUT2D eigenvalue weighted by Gasteiger charge is 2.58. The van der Waals surface area contributed by atoms with Crippen LogP contribution in [0.25, 0.3) is 0 Å². The molecule has 1 unspecified atom stereocenters. The molecule has 0 aromatic carbocycles. The van der Waals surface area contributed by atoms with E-state index in [2.05, 4.69) is 5.32 Å². The minimum absolute atomic E-state index is 0.244. The van der Waals surface area contributed by atoms with Crippen LogP contribution in [0.15, 0.2) is 11.3 Å². The van der Waals surface area contributed by atoms with Gasteiger partial charge in [0, 0.05) is 11.3 Å². The Morgan fingerprint density at radius 1 is 1.39 bits per heavy atom. The second kappa shape index (κ2) is 5.92. The second-order valence-electron chi connectivity index (χ2n) is 6.88. The standard InChI is InChI=1S/C15H26N4O4/c1-5-22-12(20)18-11(17)9-8-19(13(21)23-14(2,3)4)15(6-7-15)10(9)16/h11H,5-8,16-17H2,1-4H3,(H,18,20). The number of hydrogen-bond donors (Lipinski definition) is 3. The maximum atomic E-state index is 12.4. The monoisotopic (exact) mass is 326 g/mol. The van der Waals surface area contributed by atoms with E-state index in [4.69, 9.17) is 20.9 Å². The maximum absolute atomic E-state index is 12.4. The third-order valence-corrected chi connectivity index (χ3v) is 3.95. The number of ether oxygens (including phenoxy) is 2. The lowest BCUT2D eigenvalue weighted by atomic mass is 10.1. The largest absolute Gasteiger partial charge is 0.450 e. The number of rotatable bonds is 3. The number of nitrogens with one attached hydrogen (secondary N) is 1. The van der Waals surface area contributed by atoms with Gasteiger partial charge in [-0.2, -0.15) is 0 Å². The Kier molecular flexibility index (Phi) is 4.48. The van der Waals surface area contributed by atoms with Gasteiger partial charge in [0.2, 0.25) is 0 Å². The number of hydrogen-bond acceptors (Lipinski definition) is 6. The minimum Gasteiger partial charge on any atom is -0.450 e. The van der Waals surface area contributed by atoms with Crippen molar-refractivity contribution in [3.63, 3.8) is 0 Å². The van der Waals surface area contributed by atoms with Crippen molar-refractivity contribution in [3.8, 4) is 0 Å². The summed E-state index contributed by atoms with van der Waals surface area (Å²) >= 11 is 0. The second-order valence-corrected chi connectivity index (χ2v) is 6.88. The van der Waals surface area contributed by atoms with E-state index in [0.29, 0.717) is 11.3 Å². The van der Waals surface area contributed by atoms with Gasteiger partial charge in [-0.3, -0.25) is 4.90 Å². The molecule has 1 atom stereocenters. The predicted octanol–water partition coefficient (Wildman–Crippen LogP) is 1.01. The van der Waals surface area contributed by atoms with Gasteiger partial charge in [0.15, 0.2) is 0 Å². The van der Waals surface area contributed by atoms with Gasteiger partial charge in [-0.25, -0.2) is 9.59 Å². The average molecular weight is 326 g/mol. The molecule has 23 heavy (non-hydrogen) atoms. The number of amides is 2. The van der Waals surface area contributed by atoms with Crippen LogP contribution < -0.4 is 16.8 Å². The molecule has 0 aromatic rings. The van der Waals surface area contributed by atoms with E-state index in [1.165, 1.54) is 0 Å². The molecule has 0 radical (unpaired) electrons. The lowest BCUT2D eigenvalue weighted by Crippen LogP contribution is -2.46. The van der Waals surface area contributed by atoms with Crippen molar-refractivity contribution < 1.29 is 19.1 Å². The lowest BCUT2D eigenvalue weighted by molar-refractivity contribution is 0.0211.